The number of amides is 2. The quantitative estimate of drug-likeness (QED) is 0.235. The monoisotopic (exact) mass is 451 g/mol. The van der Waals surface area contributed by atoms with E-state index in [0.717, 1.165) is 0 Å². The minimum Gasteiger partial charge on any atom is -0.481 e. The first-order valence-electron chi connectivity index (χ1n) is 11.3. The lowest BCUT2D eigenvalue weighted by Crippen LogP contribution is -2.38. The van der Waals surface area contributed by atoms with Crippen molar-refractivity contribution < 1.29 is 34.5 Å². The highest BCUT2D eigenvalue weighted by atomic mass is 16.4. The number of carbonyl (C=O) groups excluding carboxylic acids is 3. The van der Waals surface area contributed by atoms with Gasteiger partial charge in [0, 0.05) is 37.5 Å². The fourth-order valence-electron chi connectivity index (χ4n) is 3.84. The third-order valence-electron chi connectivity index (χ3n) is 5.92. The molecule has 0 unspecified atom stereocenters. The first kappa shape index (κ1) is 27.7. The van der Waals surface area contributed by atoms with Crippen molar-refractivity contribution in [3.05, 3.63) is 23.8 Å². The zero-order valence-corrected chi connectivity index (χ0v) is 19.3. The number of piperidine rings is 1. The number of ketones is 1. The van der Waals surface area contributed by atoms with Crippen LogP contribution in [0.5, 0.6) is 0 Å². The summed E-state index contributed by atoms with van der Waals surface area (Å²) in [7, 11) is 0. The molecule has 4 N–H and O–H groups in total. The van der Waals surface area contributed by atoms with Gasteiger partial charge in [0.05, 0.1) is 12.2 Å². The molecule has 0 aliphatic carbocycles. The Labute approximate surface area is 189 Å². The highest BCUT2D eigenvalue weighted by Crippen LogP contribution is 2.23. The third-order valence-corrected chi connectivity index (χ3v) is 5.92. The fraction of sp³-hybridized carbons (Fsp3) is 0.667. The summed E-state index contributed by atoms with van der Waals surface area (Å²) in [6.07, 6.45) is 6.39. The van der Waals surface area contributed by atoms with Crippen LogP contribution in [0.2, 0.25) is 0 Å². The maximum absolute atomic E-state index is 12.5. The zero-order valence-electron chi connectivity index (χ0n) is 19.3. The van der Waals surface area contributed by atoms with Crippen molar-refractivity contribution >= 4 is 23.6 Å². The number of hydrogen-bond donors (Lipinski definition) is 4. The van der Waals surface area contributed by atoms with Crippen molar-refractivity contribution in [3.63, 3.8) is 0 Å². The van der Waals surface area contributed by atoms with Crippen molar-refractivity contribution in [2.24, 2.45) is 17.8 Å². The Morgan fingerprint density at radius 2 is 1.72 bits per heavy atom. The summed E-state index contributed by atoms with van der Waals surface area (Å²) in [6, 6.07) is 0. The standard InChI is InChI=1S/C24H37NO7/c1-15(19(26)10-7-8-18-13-21(28)25-22(29)14-18)12-16(2)24(32)17(3)20(27)9-5-4-6-11-23(30)31/h4-5,12,15,17-18,20,24,27,32H,6-11,13-14H2,1-3H3,(H,30,31)(H,25,28,29)/b5-4+,16-12+/t15-,17-,20+,24+/m0/s1. The molecule has 0 saturated carbocycles. The van der Waals surface area contributed by atoms with E-state index in [2.05, 4.69) is 5.32 Å². The summed E-state index contributed by atoms with van der Waals surface area (Å²) in [4.78, 5) is 45.8. The average Bonchev–Trinajstić information content (AvgIpc) is 2.71. The van der Waals surface area contributed by atoms with Crippen LogP contribution in [0.15, 0.2) is 23.8 Å². The van der Waals surface area contributed by atoms with E-state index >= 15 is 0 Å². The molecule has 32 heavy (non-hydrogen) atoms. The van der Waals surface area contributed by atoms with Gasteiger partial charge in [0.15, 0.2) is 0 Å². The number of hydrogen-bond acceptors (Lipinski definition) is 6. The molecular formula is C24H37NO7. The molecule has 180 valence electrons. The second-order valence-electron chi connectivity index (χ2n) is 8.81. The highest BCUT2D eigenvalue weighted by Gasteiger charge is 2.26. The van der Waals surface area contributed by atoms with Gasteiger partial charge in [-0.2, -0.15) is 0 Å². The summed E-state index contributed by atoms with van der Waals surface area (Å²) >= 11 is 0. The van der Waals surface area contributed by atoms with Gasteiger partial charge in [-0.25, -0.2) is 0 Å². The number of aliphatic hydroxyl groups excluding tert-OH is 2. The molecule has 0 spiro atoms. The van der Waals surface area contributed by atoms with Crippen LogP contribution < -0.4 is 5.32 Å². The van der Waals surface area contributed by atoms with Crippen molar-refractivity contribution in [1.82, 2.24) is 5.32 Å². The molecular weight excluding hydrogens is 414 g/mol. The summed E-state index contributed by atoms with van der Waals surface area (Å²) < 4.78 is 0. The largest absolute Gasteiger partial charge is 0.481 e. The van der Waals surface area contributed by atoms with Gasteiger partial charge in [-0.1, -0.05) is 32.1 Å². The molecule has 0 aromatic heterocycles. The molecule has 0 aromatic rings. The third kappa shape index (κ3) is 10.3. The Balaban J connectivity index is 2.45. The molecule has 1 saturated heterocycles. The Morgan fingerprint density at radius 3 is 2.31 bits per heavy atom. The van der Waals surface area contributed by atoms with Crippen LogP contribution >= 0.6 is 0 Å². The number of imide groups is 1. The van der Waals surface area contributed by atoms with Crippen LogP contribution in [0.1, 0.15) is 72.1 Å². The SMILES string of the molecule is C/C(=C\[C@H](C)C(=O)CCCC1CC(=O)NC(=O)C1)[C@@H](O)[C@@H](C)[C@H](O)C/C=C/CCC(=O)O. The Morgan fingerprint density at radius 1 is 1.09 bits per heavy atom. The van der Waals surface area contributed by atoms with Crippen molar-refractivity contribution in [3.8, 4) is 0 Å². The van der Waals surface area contributed by atoms with E-state index in [4.69, 9.17) is 5.11 Å². The van der Waals surface area contributed by atoms with Gasteiger partial charge in [0.2, 0.25) is 11.8 Å². The molecule has 4 atom stereocenters. The molecule has 8 nitrogen and oxygen atoms in total. The van der Waals surface area contributed by atoms with Crippen LogP contribution in [0.3, 0.4) is 0 Å². The number of rotatable bonds is 14. The summed E-state index contributed by atoms with van der Waals surface area (Å²) in [6.45, 7) is 5.22. The number of aliphatic carboxylic acids is 1. The van der Waals surface area contributed by atoms with Crippen LogP contribution in [0.4, 0.5) is 0 Å². The fourth-order valence-corrected chi connectivity index (χ4v) is 3.84. The Kier molecular flexibility index (Phi) is 12.1. The Bertz CT molecular complexity index is 712. The van der Waals surface area contributed by atoms with Crippen LogP contribution in [-0.2, 0) is 19.2 Å². The van der Waals surface area contributed by atoms with E-state index in [1.165, 1.54) is 0 Å². The van der Waals surface area contributed by atoms with Crippen molar-refractivity contribution in [1.29, 1.82) is 0 Å². The first-order chi connectivity index (χ1) is 15.0. The molecule has 1 aliphatic heterocycles. The molecule has 1 aliphatic rings. The van der Waals surface area contributed by atoms with E-state index in [9.17, 15) is 29.4 Å². The average molecular weight is 452 g/mol. The normalized spacial score (nSPS) is 19.5. The summed E-state index contributed by atoms with van der Waals surface area (Å²) in [5, 5.41) is 31.7. The van der Waals surface area contributed by atoms with Crippen LogP contribution in [0, 0.1) is 17.8 Å². The maximum atomic E-state index is 12.5. The van der Waals surface area contributed by atoms with Gasteiger partial charge in [-0.05, 0) is 44.1 Å². The lowest BCUT2D eigenvalue weighted by molar-refractivity contribution is -0.137. The minimum absolute atomic E-state index is 0.0148. The lowest BCUT2D eigenvalue weighted by Gasteiger charge is -2.24. The second kappa shape index (κ2) is 14.0. The van der Waals surface area contributed by atoms with Gasteiger partial charge in [-0.3, -0.25) is 24.5 Å². The van der Waals surface area contributed by atoms with Gasteiger partial charge in [0.1, 0.15) is 5.78 Å². The van der Waals surface area contributed by atoms with E-state index in [1.807, 2.05) is 0 Å². The molecule has 1 fully saturated rings. The molecule has 0 aromatic carbocycles. The smallest absolute Gasteiger partial charge is 0.303 e. The molecule has 8 heteroatoms. The molecule has 1 heterocycles. The number of carbonyl (C=O) groups is 4. The Hall–Kier alpha value is -2.32. The van der Waals surface area contributed by atoms with Gasteiger partial charge in [0.25, 0.3) is 0 Å². The van der Waals surface area contributed by atoms with E-state index in [1.54, 1.807) is 39.0 Å². The predicted octanol–water partition coefficient (Wildman–Crippen LogP) is 2.53. The number of carboxylic acid groups (broad SMARTS) is 1. The summed E-state index contributed by atoms with van der Waals surface area (Å²) in [5.74, 6) is -2.22. The molecule has 2 amide bonds. The number of allylic oxidation sites excluding steroid dienone is 2. The first-order valence-corrected chi connectivity index (χ1v) is 11.3. The number of carboxylic acids is 1. The van der Waals surface area contributed by atoms with Crippen molar-refractivity contribution in [2.45, 2.75) is 84.3 Å². The van der Waals surface area contributed by atoms with E-state index < -0.39 is 24.1 Å². The number of Topliss-reactive ketones (excluding diaryl/α,β-unsaturated/α-hetero) is 1. The van der Waals surface area contributed by atoms with Gasteiger partial charge < -0.3 is 15.3 Å². The zero-order chi connectivity index (χ0) is 24.3. The van der Waals surface area contributed by atoms with Crippen molar-refractivity contribution in [2.75, 3.05) is 0 Å². The van der Waals surface area contributed by atoms with Crippen LogP contribution in [0.25, 0.3) is 0 Å². The topological polar surface area (TPSA) is 141 Å². The van der Waals surface area contributed by atoms with Crippen LogP contribution in [-0.4, -0.2) is 51.1 Å². The van der Waals surface area contributed by atoms with E-state index in [-0.39, 0.29) is 35.9 Å². The second-order valence-corrected chi connectivity index (χ2v) is 8.81. The highest BCUT2D eigenvalue weighted by molar-refractivity contribution is 5.97. The number of aliphatic hydroxyl groups is 2. The summed E-state index contributed by atoms with van der Waals surface area (Å²) in [5.41, 5.74) is 0.613. The maximum Gasteiger partial charge on any atom is 0.303 e. The predicted molar refractivity (Wildman–Crippen MR) is 119 cm³/mol. The molecule has 1 rings (SSSR count). The number of nitrogens with one attached hydrogen (secondary N) is 1. The van der Waals surface area contributed by atoms with E-state index in [0.29, 0.717) is 50.5 Å². The molecule has 0 radical (unpaired) electrons. The minimum atomic E-state index is -0.903. The lowest BCUT2D eigenvalue weighted by atomic mass is 9.88. The van der Waals surface area contributed by atoms with Gasteiger partial charge >= 0.3 is 5.97 Å². The van der Waals surface area contributed by atoms with Gasteiger partial charge in [-0.15, -0.1) is 0 Å². The molecule has 0 bridgehead atoms.